The number of aromatic nitrogens is 2. The van der Waals surface area contributed by atoms with Crippen molar-refractivity contribution in [1.29, 1.82) is 0 Å². The number of nitrogens with one attached hydrogen (secondary N) is 1. The molecule has 0 aromatic carbocycles. The molecule has 94 valence electrons. The Morgan fingerprint density at radius 1 is 1.53 bits per heavy atom. The van der Waals surface area contributed by atoms with Crippen molar-refractivity contribution >= 4 is 5.91 Å². The molecule has 0 bridgehead atoms. The highest BCUT2D eigenvalue weighted by atomic mass is 16.2. The molecule has 1 aliphatic rings. The monoisotopic (exact) mass is 235 g/mol. The Labute approximate surface area is 102 Å². The highest BCUT2D eigenvalue weighted by molar-refractivity contribution is 5.81. The average molecular weight is 235 g/mol. The fraction of sp³-hybridized carbons (Fsp3) is 0.692. The van der Waals surface area contributed by atoms with E-state index in [1.807, 2.05) is 32.5 Å². The molecule has 3 unspecified atom stereocenters. The third-order valence-corrected chi connectivity index (χ3v) is 3.80. The summed E-state index contributed by atoms with van der Waals surface area (Å²) in [5.41, 5.74) is 3.27. The number of rotatable bonds is 3. The van der Waals surface area contributed by atoms with E-state index in [-0.39, 0.29) is 17.9 Å². The number of hydrogen-bond acceptors (Lipinski definition) is 2. The van der Waals surface area contributed by atoms with Gasteiger partial charge in [0.25, 0.3) is 0 Å². The van der Waals surface area contributed by atoms with Gasteiger partial charge in [-0.1, -0.05) is 6.92 Å². The van der Waals surface area contributed by atoms with Gasteiger partial charge < -0.3 is 5.32 Å². The van der Waals surface area contributed by atoms with Gasteiger partial charge >= 0.3 is 0 Å². The van der Waals surface area contributed by atoms with E-state index in [1.54, 1.807) is 0 Å². The van der Waals surface area contributed by atoms with E-state index in [1.165, 1.54) is 0 Å². The first kappa shape index (κ1) is 12.1. The maximum absolute atomic E-state index is 11.9. The van der Waals surface area contributed by atoms with E-state index in [9.17, 15) is 4.79 Å². The quantitative estimate of drug-likeness (QED) is 0.869. The Hall–Kier alpha value is -1.32. The van der Waals surface area contributed by atoms with Gasteiger partial charge in [0.05, 0.1) is 11.7 Å². The van der Waals surface area contributed by atoms with Crippen LogP contribution in [0.2, 0.25) is 0 Å². The maximum Gasteiger partial charge on any atom is 0.223 e. The molecular weight excluding hydrogens is 214 g/mol. The van der Waals surface area contributed by atoms with E-state index in [0.717, 1.165) is 23.4 Å². The molecule has 0 saturated heterocycles. The molecule has 1 aromatic heterocycles. The van der Waals surface area contributed by atoms with E-state index in [4.69, 9.17) is 0 Å². The number of hydrogen-bond donors (Lipinski definition) is 1. The van der Waals surface area contributed by atoms with Crippen molar-refractivity contribution in [2.45, 2.75) is 40.2 Å². The molecule has 17 heavy (non-hydrogen) atoms. The first-order valence-electron chi connectivity index (χ1n) is 6.22. The zero-order valence-electron chi connectivity index (χ0n) is 11.2. The molecular formula is C13H21N3O. The predicted octanol–water partition coefficient (Wildman–Crippen LogP) is 1.87. The molecule has 1 aromatic rings. The zero-order valence-corrected chi connectivity index (χ0v) is 11.2. The Balaban J connectivity index is 2.09. The molecule has 1 saturated carbocycles. The average Bonchev–Trinajstić information content (AvgIpc) is 2.89. The fourth-order valence-corrected chi connectivity index (χ4v) is 2.50. The molecule has 3 atom stereocenters. The van der Waals surface area contributed by atoms with Crippen LogP contribution in [0.25, 0.3) is 0 Å². The molecule has 0 spiro atoms. The Bertz CT molecular complexity index is 450. The van der Waals surface area contributed by atoms with Gasteiger partial charge in [-0.3, -0.25) is 9.48 Å². The molecule has 1 heterocycles. The van der Waals surface area contributed by atoms with Crippen LogP contribution >= 0.6 is 0 Å². The summed E-state index contributed by atoms with van der Waals surface area (Å²) < 4.78 is 1.87. The third-order valence-electron chi connectivity index (χ3n) is 3.80. The van der Waals surface area contributed by atoms with Crippen LogP contribution in [0.1, 0.15) is 43.3 Å². The van der Waals surface area contributed by atoms with Crippen molar-refractivity contribution in [1.82, 2.24) is 15.1 Å². The van der Waals surface area contributed by atoms with Crippen molar-refractivity contribution in [2.24, 2.45) is 18.9 Å². The first-order chi connectivity index (χ1) is 7.91. The topological polar surface area (TPSA) is 46.9 Å². The lowest BCUT2D eigenvalue weighted by Crippen LogP contribution is -2.29. The lowest BCUT2D eigenvalue weighted by atomic mass is 10.1. The number of amides is 1. The fourth-order valence-electron chi connectivity index (χ4n) is 2.50. The number of nitrogens with zero attached hydrogens (tertiary/aromatic N) is 2. The van der Waals surface area contributed by atoms with Gasteiger partial charge in [-0.15, -0.1) is 0 Å². The zero-order chi connectivity index (χ0) is 12.7. The Kier molecular flexibility index (Phi) is 2.98. The first-order valence-corrected chi connectivity index (χ1v) is 6.22. The normalized spacial score (nSPS) is 24.5. The maximum atomic E-state index is 11.9. The largest absolute Gasteiger partial charge is 0.349 e. The minimum Gasteiger partial charge on any atom is -0.349 e. The Morgan fingerprint density at radius 2 is 2.12 bits per heavy atom. The van der Waals surface area contributed by atoms with Gasteiger partial charge in [0.15, 0.2) is 0 Å². The van der Waals surface area contributed by atoms with Gasteiger partial charge in [0.1, 0.15) is 0 Å². The third kappa shape index (κ3) is 2.21. The Morgan fingerprint density at radius 3 is 2.53 bits per heavy atom. The van der Waals surface area contributed by atoms with Crippen molar-refractivity contribution < 1.29 is 4.79 Å². The molecule has 0 aliphatic heterocycles. The predicted molar refractivity (Wildman–Crippen MR) is 66.5 cm³/mol. The second-order valence-corrected chi connectivity index (χ2v) is 5.26. The molecule has 1 amide bonds. The molecule has 4 heteroatoms. The minimum absolute atomic E-state index is 0.0454. The molecule has 0 radical (unpaired) electrons. The van der Waals surface area contributed by atoms with Gasteiger partial charge in [0.2, 0.25) is 5.91 Å². The summed E-state index contributed by atoms with van der Waals surface area (Å²) in [7, 11) is 1.93. The van der Waals surface area contributed by atoms with E-state index in [2.05, 4.69) is 17.3 Å². The van der Waals surface area contributed by atoms with Crippen molar-refractivity contribution in [3.8, 4) is 0 Å². The van der Waals surface area contributed by atoms with E-state index >= 15 is 0 Å². The van der Waals surface area contributed by atoms with Crippen LogP contribution in [0.15, 0.2) is 0 Å². The summed E-state index contributed by atoms with van der Waals surface area (Å²) >= 11 is 0. The van der Waals surface area contributed by atoms with E-state index < -0.39 is 0 Å². The van der Waals surface area contributed by atoms with Gasteiger partial charge in [0, 0.05) is 24.2 Å². The second kappa shape index (κ2) is 4.17. The van der Waals surface area contributed by atoms with E-state index in [0.29, 0.717) is 5.92 Å². The molecule has 1 fully saturated rings. The van der Waals surface area contributed by atoms with Crippen LogP contribution in [-0.4, -0.2) is 15.7 Å². The highest BCUT2D eigenvalue weighted by Crippen LogP contribution is 2.38. The van der Waals surface area contributed by atoms with Crippen LogP contribution in [0.4, 0.5) is 0 Å². The number of aryl methyl sites for hydroxylation is 2. The molecule has 1 aliphatic carbocycles. The summed E-state index contributed by atoms with van der Waals surface area (Å²) in [5.74, 6) is 0.973. The van der Waals surface area contributed by atoms with Crippen LogP contribution < -0.4 is 5.32 Å². The second-order valence-electron chi connectivity index (χ2n) is 5.26. The van der Waals surface area contributed by atoms with Gasteiger partial charge in [-0.2, -0.15) is 5.10 Å². The SMILES string of the molecule is Cc1nn(C)c(C)c1C(C)NC(=O)C1CC1C. The smallest absolute Gasteiger partial charge is 0.223 e. The van der Waals surface area contributed by atoms with Gasteiger partial charge in [-0.25, -0.2) is 0 Å². The van der Waals surface area contributed by atoms with Crippen LogP contribution in [0, 0.1) is 25.7 Å². The van der Waals surface area contributed by atoms with Crippen LogP contribution in [0.5, 0.6) is 0 Å². The minimum atomic E-state index is 0.0454. The number of carbonyl (C=O) groups excluding carboxylic acids is 1. The summed E-state index contributed by atoms with van der Waals surface area (Å²) in [6, 6.07) is 0.0454. The highest BCUT2D eigenvalue weighted by Gasteiger charge is 2.39. The molecule has 2 rings (SSSR count). The van der Waals surface area contributed by atoms with Crippen molar-refractivity contribution in [3.63, 3.8) is 0 Å². The van der Waals surface area contributed by atoms with Crippen molar-refractivity contribution in [2.75, 3.05) is 0 Å². The summed E-state index contributed by atoms with van der Waals surface area (Å²) in [4.78, 5) is 11.9. The summed E-state index contributed by atoms with van der Waals surface area (Å²) in [5, 5.41) is 7.47. The van der Waals surface area contributed by atoms with Crippen molar-refractivity contribution in [3.05, 3.63) is 17.0 Å². The molecule has 1 N–H and O–H groups in total. The number of carbonyl (C=O) groups is 1. The lowest BCUT2D eigenvalue weighted by Gasteiger charge is -2.14. The van der Waals surface area contributed by atoms with Crippen LogP contribution in [-0.2, 0) is 11.8 Å². The summed E-state index contributed by atoms with van der Waals surface area (Å²) in [6.45, 7) is 8.18. The summed E-state index contributed by atoms with van der Waals surface area (Å²) in [6.07, 6.45) is 1.03. The molecule has 4 nitrogen and oxygen atoms in total. The lowest BCUT2D eigenvalue weighted by molar-refractivity contribution is -0.123. The van der Waals surface area contributed by atoms with Crippen LogP contribution in [0.3, 0.4) is 0 Å². The van der Waals surface area contributed by atoms with Gasteiger partial charge in [-0.05, 0) is 33.1 Å². The standard InChI is InChI=1S/C13H21N3O/c1-7-6-11(7)13(17)14-8(2)12-9(3)15-16(5)10(12)4/h7-8,11H,6H2,1-5H3,(H,14,17).